The van der Waals surface area contributed by atoms with E-state index in [1.165, 1.54) is 19.3 Å². The normalized spacial score (nSPS) is 30.6. The van der Waals surface area contributed by atoms with Crippen LogP contribution >= 0.6 is 0 Å². The number of likely N-dealkylation sites (tertiary alicyclic amines) is 1. The first-order chi connectivity index (χ1) is 10.1. The third kappa shape index (κ3) is 2.71. The molecule has 2 fully saturated rings. The van der Waals surface area contributed by atoms with Crippen LogP contribution in [0.3, 0.4) is 0 Å². The van der Waals surface area contributed by atoms with Gasteiger partial charge in [-0.15, -0.1) is 0 Å². The van der Waals surface area contributed by atoms with Crippen molar-refractivity contribution in [2.75, 3.05) is 13.1 Å². The zero-order chi connectivity index (χ0) is 14.9. The van der Waals surface area contributed by atoms with Gasteiger partial charge in [0.15, 0.2) is 0 Å². The highest BCUT2D eigenvalue weighted by Crippen LogP contribution is 2.44. The maximum Gasteiger partial charge on any atom is 0.0995 e. The van der Waals surface area contributed by atoms with Crippen LogP contribution in [0.1, 0.15) is 43.7 Å². The number of nitrogens with zero attached hydrogens (tertiary/aromatic N) is 2. The van der Waals surface area contributed by atoms with E-state index in [-0.39, 0.29) is 0 Å². The Kier molecular flexibility index (Phi) is 4.01. The van der Waals surface area contributed by atoms with Gasteiger partial charge in [0.05, 0.1) is 17.2 Å². The number of hydrogen-bond acceptors (Lipinski definition) is 3. The lowest BCUT2D eigenvalue weighted by Gasteiger charge is -2.50. The zero-order valence-corrected chi connectivity index (χ0v) is 12.8. The molecule has 0 unspecified atom stereocenters. The molecule has 1 aromatic carbocycles. The summed E-state index contributed by atoms with van der Waals surface area (Å²) in [5.41, 5.74) is 1.41. The number of hydrogen-bond donors (Lipinski definition) is 1. The Balaban J connectivity index is 1.66. The predicted molar refractivity (Wildman–Crippen MR) is 82.5 cm³/mol. The zero-order valence-electron chi connectivity index (χ0n) is 12.8. The van der Waals surface area contributed by atoms with Crippen LogP contribution in [0.5, 0.6) is 0 Å². The minimum atomic E-state index is -0.455. The quantitative estimate of drug-likeness (QED) is 0.928. The van der Waals surface area contributed by atoms with E-state index in [2.05, 4.69) is 17.9 Å². The molecule has 0 amide bonds. The molecule has 0 spiro atoms. The van der Waals surface area contributed by atoms with E-state index >= 15 is 0 Å². The predicted octanol–water partition coefficient (Wildman–Crippen LogP) is 2.93. The van der Waals surface area contributed by atoms with Crippen LogP contribution in [0, 0.1) is 23.2 Å². The molecular weight excluding hydrogens is 260 g/mol. The molecule has 1 N–H and O–H groups in total. The summed E-state index contributed by atoms with van der Waals surface area (Å²) >= 11 is 0. The molecule has 2 atom stereocenters. The first kappa shape index (κ1) is 14.6. The molecule has 1 saturated heterocycles. The first-order valence-corrected chi connectivity index (χ1v) is 8.06. The summed E-state index contributed by atoms with van der Waals surface area (Å²) < 4.78 is 0. The molecule has 3 nitrogen and oxygen atoms in total. The van der Waals surface area contributed by atoms with E-state index < -0.39 is 5.60 Å². The van der Waals surface area contributed by atoms with Gasteiger partial charge in [0.2, 0.25) is 0 Å². The molecule has 0 bridgehead atoms. The molecular formula is C18H24N2O. The summed E-state index contributed by atoms with van der Waals surface area (Å²) in [6.45, 7) is 4.85. The van der Waals surface area contributed by atoms with Crippen molar-refractivity contribution in [2.45, 2.75) is 44.8 Å². The Morgan fingerprint density at radius 1 is 1.38 bits per heavy atom. The standard InChI is InChI=1S/C18H24N2O/c1-14-12-20(10-9-18(14,21)17-7-4-8-17)13-16-6-3-2-5-15(16)11-19/h2-3,5-6,14,17,21H,4,7-10,12-13H2,1H3/t14-,18+/m1/s1. The number of benzene rings is 1. The van der Waals surface area contributed by atoms with E-state index in [1.807, 2.05) is 24.3 Å². The van der Waals surface area contributed by atoms with Gasteiger partial charge in [-0.2, -0.15) is 5.26 Å². The molecule has 1 saturated carbocycles. The van der Waals surface area contributed by atoms with Crippen molar-refractivity contribution in [1.82, 2.24) is 4.90 Å². The Morgan fingerprint density at radius 2 is 2.14 bits per heavy atom. The molecule has 3 heteroatoms. The molecule has 1 aromatic rings. The third-order valence-corrected chi connectivity index (χ3v) is 5.56. The molecule has 3 rings (SSSR count). The second kappa shape index (κ2) is 5.79. The second-order valence-corrected chi connectivity index (χ2v) is 6.77. The number of rotatable bonds is 3. The molecule has 21 heavy (non-hydrogen) atoms. The van der Waals surface area contributed by atoms with Crippen molar-refractivity contribution in [3.8, 4) is 6.07 Å². The van der Waals surface area contributed by atoms with Crippen LogP contribution in [-0.4, -0.2) is 28.7 Å². The highest BCUT2D eigenvalue weighted by Gasteiger charge is 2.46. The van der Waals surface area contributed by atoms with Gasteiger partial charge < -0.3 is 5.11 Å². The largest absolute Gasteiger partial charge is 0.389 e. The van der Waals surface area contributed by atoms with E-state index in [1.54, 1.807) is 0 Å². The maximum absolute atomic E-state index is 11.0. The molecule has 0 radical (unpaired) electrons. The molecule has 0 aromatic heterocycles. The highest BCUT2D eigenvalue weighted by molar-refractivity contribution is 5.37. The van der Waals surface area contributed by atoms with Gasteiger partial charge in [0, 0.05) is 19.6 Å². The molecule has 112 valence electrons. The van der Waals surface area contributed by atoms with Crippen molar-refractivity contribution in [3.63, 3.8) is 0 Å². The Bertz CT molecular complexity index is 546. The van der Waals surface area contributed by atoms with Crippen LogP contribution in [-0.2, 0) is 6.54 Å². The van der Waals surface area contributed by atoms with Gasteiger partial charge in [-0.3, -0.25) is 4.90 Å². The molecule has 1 heterocycles. The van der Waals surface area contributed by atoms with E-state index in [0.717, 1.165) is 37.2 Å². The van der Waals surface area contributed by atoms with E-state index in [9.17, 15) is 10.4 Å². The fourth-order valence-electron chi connectivity index (χ4n) is 3.89. The highest BCUT2D eigenvalue weighted by atomic mass is 16.3. The first-order valence-electron chi connectivity index (χ1n) is 8.06. The average Bonchev–Trinajstić information content (AvgIpc) is 2.42. The van der Waals surface area contributed by atoms with E-state index in [0.29, 0.717) is 11.8 Å². The molecule has 1 aliphatic heterocycles. The lowest BCUT2D eigenvalue weighted by Crippen LogP contribution is -2.56. The van der Waals surface area contributed by atoms with Crippen LogP contribution in [0.15, 0.2) is 24.3 Å². The van der Waals surface area contributed by atoms with Gasteiger partial charge >= 0.3 is 0 Å². The smallest absolute Gasteiger partial charge is 0.0995 e. The lowest BCUT2D eigenvalue weighted by molar-refractivity contribution is -0.128. The third-order valence-electron chi connectivity index (χ3n) is 5.56. The number of piperidine rings is 1. The van der Waals surface area contributed by atoms with Crippen molar-refractivity contribution in [1.29, 1.82) is 5.26 Å². The van der Waals surface area contributed by atoms with Gasteiger partial charge in [0.25, 0.3) is 0 Å². The summed E-state index contributed by atoms with van der Waals surface area (Å²) in [5, 5.41) is 20.2. The fraction of sp³-hybridized carbons (Fsp3) is 0.611. The van der Waals surface area contributed by atoms with Crippen molar-refractivity contribution in [3.05, 3.63) is 35.4 Å². The van der Waals surface area contributed by atoms with Crippen LogP contribution in [0.2, 0.25) is 0 Å². The molecule has 1 aliphatic carbocycles. The van der Waals surface area contributed by atoms with Crippen molar-refractivity contribution in [2.24, 2.45) is 11.8 Å². The summed E-state index contributed by atoms with van der Waals surface area (Å²) in [5.74, 6) is 0.826. The summed E-state index contributed by atoms with van der Waals surface area (Å²) in [6, 6.07) is 10.1. The Hall–Kier alpha value is -1.37. The van der Waals surface area contributed by atoms with Gasteiger partial charge in [-0.25, -0.2) is 0 Å². The maximum atomic E-state index is 11.0. The second-order valence-electron chi connectivity index (χ2n) is 6.77. The Morgan fingerprint density at radius 3 is 2.76 bits per heavy atom. The van der Waals surface area contributed by atoms with Crippen molar-refractivity contribution >= 4 is 0 Å². The summed E-state index contributed by atoms with van der Waals surface area (Å²) in [6.07, 6.45) is 4.53. The lowest BCUT2D eigenvalue weighted by atomic mass is 9.65. The SMILES string of the molecule is C[C@@H]1CN(Cc2ccccc2C#N)CC[C@@]1(O)C1CCC1. The summed E-state index contributed by atoms with van der Waals surface area (Å²) in [4.78, 5) is 2.38. The van der Waals surface area contributed by atoms with Crippen LogP contribution in [0.25, 0.3) is 0 Å². The topological polar surface area (TPSA) is 47.3 Å². The fourth-order valence-corrected chi connectivity index (χ4v) is 3.89. The van der Waals surface area contributed by atoms with Gasteiger partial charge in [-0.1, -0.05) is 31.5 Å². The Labute approximate surface area is 127 Å². The summed E-state index contributed by atoms with van der Waals surface area (Å²) in [7, 11) is 0. The van der Waals surface area contributed by atoms with Crippen LogP contribution in [0.4, 0.5) is 0 Å². The van der Waals surface area contributed by atoms with Gasteiger partial charge in [0.1, 0.15) is 0 Å². The van der Waals surface area contributed by atoms with E-state index in [4.69, 9.17) is 0 Å². The van der Waals surface area contributed by atoms with Crippen molar-refractivity contribution < 1.29 is 5.11 Å². The minimum absolute atomic E-state index is 0.311. The monoisotopic (exact) mass is 284 g/mol. The average molecular weight is 284 g/mol. The van der Waals surface area contributed by atoms with Gasteiger partial charge in [-0.05, 0) is 42.7 Å². The van der Waals surface area contributed by atoms with Crippen LogP contribution < -0.4 is 0 Å². The minimum Gasteiger partial charge on any atom is -0.389 e. The number of aliphatic hydroxyl groups is 1. The number of nitriles is 1. The molecule has 2 aliphatic rings.